The number of amides is 1. The van der Waals surface area contributed by atoms with Crippen molar-refractivity contribution in [3.8, 4) is 0 Å². The molecule has 19 heavy (non-hydrogen) atoms. The third kappa shape index (κ3) is 3.54. The summed E-state index contributed by atoms with van der Waals surface area (Å²) in [4.78, 5) is 19.0. The van der Waals surface area contributed by atoms with Gasteiger partial charge in [0.15, 0.2) is 0 Å². The molecule has 0 radical (unpaired) electrons. The van der Waals surface area contributed by atoms with Crippen LogP contribution in [0, 0.1) is 0 Å². The van der Waals surface area contributed by atoms with Crippen molar-refractivity contribution in [1.29, 1.82) is 0 Å². The fourth-order valence-electron chi connectivity index (χ4n) is 1.85. The van der Waals surface area contributed by atoms with Gasteiger partial charge in [0.05, 0.1) is 5.52 Å². The van der Waals surface area contributed by atoms with E-state index >= 15 is 0 Å². The summed E-state index contributed by atoms with van der Waals surface area (Å²) in [5, 5.41) is 4.13. The van der Waals surface area contributed by atoms with E-state index in [0.717, 1.165) is 36.1 Å². The molecule has 0 bridgehead atoms. The lowest BCUT2D eigenvalue weighted by Crippen LogP contribution is -2.11. The standard InChI is InChI=1S/C13H17N5O/c14-9-4-5-11-10(7-9)13(18-8-17-11)16-6-2-1-3-12(15)19/h4-5,7-8H,1-3,6,14H2,(H2,15,19)(H,16,17,18). The number of benzene rings is 1. The van der Waals surface area contributed by atoms with Crippen molar-refractivity contribution < 1.29 is 4.79 Å². The number of nitrogens with one attached hydrogen (secondary N) is 1. The van der Waals surface area contributed by atoms with Crippen molar-refractivity contribution in [2.24, 2.45) is 5.73 Å². The Labute approximate surface area is 111 Å². The quantitative estimate of drug-likeness (QED) is 0.535. The van der Waals surface area contributed by atoms with E-state index in [1.165, 1.54) is 6.33 Å². The predicted molar refractivity (Wildman–Crippen MR) is 75.5 cm³/mol. The molecule has 6 heteroatoms. The largest absolute Gasteiger partial charge is 0.399 e. The van der Waals surface area contributed by atoms with Gasteiger partial charge < -0.3 is 16.8 Å². The number of rotatable bonds is 6. The Bertz CT molecular complexity index is 584. The monoisotopic (exact) mass is 259 g/mol. The molecule has 1 aromatic heterocycles. The lowest BCUT2D eigenvalue weighted by Gasteiger charge is -2.08. The highest BCUT2D eigenvalue weighted by atomic mass is 16.1. The average molecular weight is 259 g/mol. The first-order valence-corrected chi connectivity index (χ1v) is 6.19. The molecule has 1 heterocycles. The molecule has 1 amide bonds. The van der Waals surface area contributed by atoms with Gasteiger partial charge in [-0.2, -0.15) is 0 Å². The molecule has 0 aliphatic rings. The second-order valence-corrected chi connectivity index (χ2v) is 4.35. The molecule has 0 saturated heterocycles. The van der Waals surface area contributed by atoms with E-state index in [2.05, 4.69) is 15.3 Å². The summed E-state index contributed by atoms with van der Waals surface area (Å²) in [5.74, 6) is 0.497. The summed E-state index contributed by atoms with van der Waals surface area (Å²) in [5.41, 5.74) is 12.4. The van der Waals surface area contributed by atoms with Crippen LogP contribution in [0.3, 0.4) is 0 Å². The molecule has 0 atom stereocenters. The Morgan fingerprint density at radius 3 is 2.89 bits per heavy atom. The van der Waals surface area contributed by atoms with Crippen LogP contribution in [0.25, 0.3) is 10.9 Å². The van der Waals surface area contributed by atoms with Crippen molar-refractivity contribution >= 4 is 28.3 Å². The Kier molecular flexibility index (Phi) is 4.12. The van der Waals surface area contributed by atoms with E-state index in [-0.39, 0.29) is 5.91 Å². The smallest absolute Gasteiger partial charge is 0.217 e. The van der Waals surface area contributed by atoms with E-state index < -0.39 is 0 Å². The van der Waals surface area contributed by atoms with Crippen LogP contribution in [0.15, 0.2) is 24.5 Å². The topological polar surface area (TPSA) is 107 Å². The zero-order valence-electron chi connectivity index (χ0n) is 10.6. The molecule has 1 aromatic carbocycles. The number of carbonyl (C=O) groups is 1. The predicted octanol–water partition coefficient (Wildman–Crippen LogP) is 1.28. The number of unbranched alkanes of at least 4 members (excludes halogenated alkanes) is 1. The fraction of sp³-hybridized carbons (Fsp3) is 0.308. The van der Waals surface area contributed by atoms with Crippen molar-refractivity contribution in [1.82, 2.24) is 9.97 Å². The number of aromatic nitrogens is 2. The Hall–Kier alpha value is -2.37. The zero-order chi connectivity index (χ0) is 13.7. The average Bonchev–Trinajstić information content (AvgIpc) is 2.38. The van der Waals surface area contributed by atoms with Gasteiger partial charge in [-0.3, -0.25) is 4.79 Å². The molecule has 100 valence electrons. The van der Waals surface area contributed by atoms with Gasteiger partial charge in [-0.05, 0) is 31.0 Å². The van der Waals surface area contributed by atoms with Crippen LogP contribution >= 0.6 is 0 Å². The number of nitrogen functional groups attached to an aromatic ring is 1. The number of nitrogens with zero attached hydrogens (tertiary/aromatic N) is 2. The van der Waals surface area contributed by atoms with E-state index in [1.807, 2.05) is 18.2 Å². The number of fused-ring (bicyclic) bond motifs is 1. The Balaban J connectivity index is 2.00. The third-order valence-electron chi connectivity index (χ3n) is 2.80. The van der Waals surface area contributed by atoms with Crippen LogP contribution in [0.2, 0.25) is 0 Å². The second-order valence-electron chi connectivity index (χ2n) is 4.35. The lowest BCUT2D eigenvalue weighted by atomic mass is 10.2. The van der Waals surface area contributed by atoms with Crippen LogP contribution in [0.4, 0.5) is 11.5 Å². The van der Waals surface area contributed by atoms with Crippen LogP contribution < -0.4 is 16.8 Å². The highest BCUT2D eigenvalue weighted by Gasteiger charge is 2.03. The first-order chi connectivity index (χ1) is 9.16. The van der Waals surface area contributed by atoms with Gasteiger partial charge in [0.2, 0.25) is 5.91 Å². The maximum absolute atomic E-state index is 10.6. The fourth-order valence-corrected chi connectivity index (χ4v) is 1.85. The SMILES string of the molecule is NC(=O)CCCCNc1ncnc2ccc(N)cc12. The van der Waals surface area contributed by atoms with Crippen molar-refractivity contribution in [2.75, 3.05) is 17.6 Å². The normalized spacial score (nSPS) is 10.5. The van der Waals surface area contributed by atoms with Crippen LogP contribution in [-0.2, 0) is 4.79 Å². The Morgan fingerprint density at radius 2 is 2.11 bits per heavy atom. The number of hydrogen-bond acceptors (Lipinski definition) is 5. The molecule has 6 nitrogen and oxygen atoms in total. The van der Waals surface area contributed by atoms with Gasteiger partial charge in [0.25, 0.3) is 0 Å². The van der Waals surface area contributed by atoms with Gasteiger partial charge in [0.1, 0.15) is 12.1 Å². The minimum Gasteiger partial charge on any atom is -0.399 e. The number of anilines is 2. The highest BCUT2D eigenvalue weighted by molar-refractivity contribution is 5.91. The van der Waals surface area contributed by atoms with Gasteiger partial charge in [-0.25, -0.2) is 9.97 Å². The summed E-state index contributed by atoms with van der Waals surface area (Å²) in [6.45, 7) is 0.730. The van der Waals surface area contributed by atoms with Crippen LogP contribution in [-0.4, -0.2) is 22.4 Å². The Morgan fingerprint density at radius 1 is 1.26 bits per heavy atom. The van der Waals surface area contributed by atoms with Gasteiger partial charge in [0, 0.05) is 24.0 Å². The first kappa shape index (κ1) is 13.1. The van der Waals surface area contributed by atoms with Crippen LogP contribution in [0.1, 0.15) is 19.3 Å². The molecular formula is C13H17N5O. The summed E-state index contributed by atoms with van der Waals surface area (Å²) < 4.78 is 0. The molecule has 2 aromatic rings. The summed E-state index contributed by atoms with van der Waals surface area (Å²) in [7, 11) is 0. The minimum absolute atomic E-state index is 0.264. The maximum Gasteiger partial charge on any atom is 0.217 e. The lowest BCUT2D eigenvalue weighted by molar-refractivity contribution is -0.118. The molecule has 2 rings (SSSR count). The minimum atomic E-state index is -0.264. The first-order valence-electron chi connectivity index (χ1n) is 6.19. The summed E-state index contributed by atoms with van der Waals surface area (Å²) in [6, 6.07) is 5.53. The molecule has 0 aliphatic carbocycles. The van der Waals surface area contributed by atoms with E-state index in [1.54, 1.807) is 0 Å². The van der Waals surface area contributed by atoms with Crippen LogP contribution in [0.5, 0.6) is 0 Å². The van der Waals surface area contributed by atoms with Gasteiger partial charge >= 0.3 is 0 Å². The van der Waals surface area contributed by atoms with Crippen molar-refractivity contribution in [3.63, 3.8) is 0 Å². The molecule has 0 unspecified atom stereocenters. The third-order valence-corrected chi connectivity index (χ3v) is 2.80. The summed E-state index contributed by atoms with van der Waals surface area (Å²) in [6.07, 6.45) is 3.56. The molecular weight excluding hydrogens is 242 g/mol. The summed E-state index contributed by atoms with van der Waals surface area (Å²) >= 11 is 0. The maximum atomic E-state index is 10.6. The van der Waals surface area contributed by atoms with E-state index in [0.29, 0.717) is 12.1 Å². The van der Waals surface area contributed by atoms with Crippen molar-refractivity contribution in [3.05, 3.63) is 24.5 Å². The zero-order valence-corrected chi connectivity index (χ0v) is 10.6. The molecule has 0 fully saturated rings. The molecule has 0 saturated carbocycles. The highest BCUT2D eigenvalue weighted by Crippen LogP contribution is 2.21. The number of primary amides is 1. The number of hydrogen-bond donors (Lipinski definition) is 3. The van der Waals surface area contributed by atoms with E-state index in [9.17, 15) is 4.79 Å². The van der Waals surface area contributed by atoms with Crippen molar-refractivity contribution in [2.45, 2.75) is 19.3 Å². The van der Waals surface area contributed by atoms with Gasteiger partial charge in [-0.1, -0.05) is 0 Å². The second kappa shape index (κ2) is 5.99. The molecule has 5 N–H and O–H groups in total. The van der Waals surface area contributed by atoms with E-state index in [4.69, 9.17) is 11.5 Å². The molecule has 0 aliphatic heterocycles. The molecule has 0 spiro atoms. The number of carbonyl (C=O) groups excluding carboxylic acids is 1. The van der Waals surface area contributed by atoms with Gasteiger partial charge in [-0.15, -0.1) is 0 Å². The number of nitrogens with two attached hydrogens (primary N) is 2.